The predicted octanol–water partition coefficient (Wildman–Crippen LogP) is 2.95. The molecule has 1 saturated heterocycles. The summed E-state index contributed by atoms with van der Waals surface area (Å²) in [7, 11) is 0. The third-order valence-electron chi connectivity index (χ3n) is 4.00. The Morgan fingerprint density at radius 1 is 1.14 bits per heavy atom. The fourth-order valence-electron chi connectivity index (χ4n) is 2.84. The molecule has 2 aromatic rings. The zero-order chi connectivity index (χ0) is 14.8. The molecule has 0 bridgehead atoms. The van der Waals surface area contributed by atoms with E-state index in [-0.39, 0.29) is 24.6 Å². The molecule has 2 N–H and O–H groups in total. The zero-order valence-electron chi connectivity index (χ0n) is 11.3. The van der Waals surface area contributed by atoms with Gasteiger partial charge in [-0.2, -0.15) is 5.26 Å². The minimum Gasteiger partial charge on any atom is -0.395 e. The molecule has 3 rings (SSSR count). The summed E-state index contributed by atoms with van der Waals surface area (Å²) in [5.74, 6) is 0.0419. The van der Waals surface area contributed by atoms with Gasteiger partial charge in [-0.15, -0.1) is 0 Å². The highest BCUT2D eigenvalue weighted by atomic mass is 35.5. The van der Waals surface area contributed by atoms with Gasteiger partial charge in [-0.1, -0.05) is 54.1 Å². The molecule has 2 aromatic carbocycles. The number of nitriles is 1. The van der Waals surface area contributed by atoms with Gasteiger partial charge in [0, 0.05) is 22.5 Å². The SMILES string of the molecule is N#C[C@@H]1N[C@@H](CO)[C@H]1c1ccc(-c2ccccc2Cl)cc1. The Labute approximate surface area is 128 Å². The van der Waals surface area contributed by atoms with Crippen molar-refractivity contribution in [3.8, 4) is 17.2 Å². The van der Waals surface area contributed by atoms with Crippen molar-refractivity contribution in [1.82, 2.24) is 5.32 Å². The Morgan fingerprint density at radius 3 is 2.48 bits per heavy atom. The number of rotatable bonds is 3. The summed E-state index contributed by atoms with van der Waals surface area (Å²) in [5.41, 5.74) is 3.11. The molecule has 0 spiro atoms. The summed E-state index contributed by atoms with van der Waals surface area (Å²) in [6.45, 7) is 0.0368. The van der Waals surface area contributed by atoms with Crippen molar-refractivity contribution < 1.29 is 5.11 Å². The van der Waals surface area contributed by atoms with Gasteiger partial charge in [-0.25, -0.2) is 0 Å². The van der Waals surface area contributed by atoms with Crippen LogP contribution in [0.5, 0.6) is 0 Å². The first kappa shape index (κ1) is 14.1. The fourth-order valence-corrected chi connectivity index (χ4v) is 3.09. The number of aliphatic hydroxyl groups is 1. The average molecular weight is 299 g/mol. The zero-order valence-corrected chi connectivity index (χ0v) is 12.1. The van der Waals surface area contributed by atoms with Gasteiger partial charge in [-0.05, 0) is 17.2 Å². The Bertz CT molecular complexity index is 678. The van der Waals surface area contributed by atoms with E-state index in [1.807, 2.05) is 48.5 Å². The lowest BCUT2D eigenvalue weighted by molar-refractivity contribution is 0.151. The molecule has 21 heavy (non-hydrogen) atoms. The second-order valence-corrected chi connectivity index (χ2v) is 5.60. The molecular formula is C17H15ClN2O. The van der Waals surface area contributed by atoms with Crippen LogP contribution in [0.3, 0.4) is 0 Å². The first-order chi connectivity index (χ1) is 10.2. The highest BCUT2D eigenvalue weighted by Crippen LogP contribution is 2.34. The van der Waals surface area contributed by atoms with E-state index < -0.39 is 0 Å². The van der Waals surface area contributed by atoms with Crippen molar-refractivity contribution in [2.45, 2.75) is 18.0 Å². The Morgan fingerprint density at radius 2 is 1.86 bits per heavy atom. The number of nitrogens with zero attached hydrogens (tertiary/aromatic N) is 1. The van der Waals surface area contributed by atoms with Crippen LogP contribution in [-0.4, -0.2) is 23.8 Å². The van der Waals surface area contributed by atoms with Crippen LogP contribution in [0.2, 0.25) is 5.02 Å². The minimum absolute atomic E-state index is 0.0368. The molecular weight excluding hydrogens is 284 g/mol. The van der Waals surface area contributed by atoms with Gasteiger partial charge in [0.1, 0.15) is 6.04 Å². The van der Waals surface area contributed by atoms with Crippen molar-refractivity contribution in [1.29, 1.82) is 5.26 Å². The van der Waals surface area contributed by atoms with Crippen molar-refractivity contribution in [2.24, 2.45) is 0 Å². The van der Waals surface area contributed by atoms with E-state index in [0.29, 0.717) is 0 Å². The summed E-state index contributed by atoms with van der Waals surface area (Å²) in [6.07, 6.45) is 0. The lowest BCUT2D eigenvalue weighted by Crippen LogP contribution is -2.60. The monoisotopic (exact) mass is 298 g/mol. The maximum atomic E-state index is 9.31. The third kappa shape index (κ3) is 2.54. The van der Waals surface area contributed by atoms with E-state index >= 15 is 0 Å². The molecule has 0 unspecified atom stereocenters. The third-order valence-corrected chi connectivity index (χ3v) is 4.33. The van der Waals surface area contributed by atoms with E-state index in [1.54, 1.807) is 0 Å². The lowest BCUT2D eigenvalue weighted by Gasteiger charge is -2.41. The topological polar surface area (TPSA) is 56.0 Å². The van der Waals surface area contributed by atoms with Crippen molar-refractivity contribution in [2.75, 3.05) is 6.61 Å². The van der Waals surface area contributed by atoms with Crippen LogP contribution in [0.25, 0.3) is 11.1 Å². The van der Waals surface area contributed by atoms with E-state index in [4.69, 9.17) is 16.9 Å². The van der Waals surface area contributed by atoms with E-state index in [9.17, 15) is 5.11 Å². The Kier molecular flexibility index (Phi) is 3.94. The van der Waals surface area contributed by atoms with Gasteiger partial charge in [0.05, 0.1) is 12.7 Å². The van der Waals surface area contributed by atoms with Gasteiger partial charge < -0.3 is 5.11 Å². The lowest BCUT2D eigenvalue weighted by atomic mass is 9.78. The summed E-state index contributed by atoms with van der Waals surface area (Å²) >= 11 is 6.20. The number of nitrogens with one attached hydrogen (secondary N) is 1. The molecule has 3 atom stereocenters. The standard InChI is InChI=1S/C17H15ClN2O/c18-14-4-2-1-3-13(14)11-5-7-12(8-6-11)17-15(9-19)20-16(17)10-21/h1-8,15-17,20-21H,10H2/t15-,16-,17-/m0/s1. The average Bonchev–Trinajstić information content (AvgIpc) is 2.49. The maximum absolute atomic E-state index is 9.31. The summed E-state index contributed by atoms with van der Waals surface area (Å²) in [6, 6.07) is 17.7. The van der Waals surface area contributed by atoms with Crippen LogP contribution in [0.4, 0.5) is 0 Å². The Hall–Kier alpha value is -1.86. The van der Waals surface area contributed by atoms with Crippen LogP contribution < -0.4 is 5.32 Å². The predicted molar refractivity (Wildman–Crippen MR) is 83.0 cm³/mol. The first-order valence-corrected chi connectivity index (χ1v) is 7.24. The molecule has 0 aliphatic carbocycles. The van der Waals surface area contributed by atoms with E-state index in [0.717, 1.165) is 21.7 Å². The van der Waals surface area contributed by atoms with Gasteiger partial charge in [0.15, 0.2) is 0 Å². The molecule has 0 amide bonds. The molecule has 4 heteroatoms. The highest BCUT2D eigenvalue weighted by Gasteiger charge is 2.41. The number of benzene rings is 2. The molecule has 1 heterocycles. The molecule has 1 aliphatic rings. The van der Waals surface area contributed by atoms with E-state index in [1.165, 1.54) is 0 Å². The minimum atomic E-state index is -0.228. The molecule has 106 valence electrons. The number of aliphatic hydroxyl groups excluding tert-OH is 1. The number of hydrogen-bond donors (Lipinski definition) is 2. The normalized spacial score (nSPS) is 24.1. The smallest absolute Gasteiger partial charge is 0.104 e. The molecule has 0 radical (unpaired) electrons. The van der Waals surface area contributed by atoms with Gasteiger partial charge in [0.25, 0.3) is 0 Å². The number of halogens is 1. The first-order valence-electron chi connectivity index (χ1n) is 6.86. The molecule has 1 aliphatic heterocycles. The number of hydrogen-bond acceptors (Lipinski definition) is 3. The highest BCUT2D eigenvalue weighted by molar-refractivity contribution is 6.33. The van der Waals surface area contributed by atoms with Crippen LogP contribution in [0.1, 0.15) is 11.5 Å². The molecule has 0 aromatic heterocycles. The van der Waals surface area contributed by atoms with Crippen LogP contribution in [-0.2, 0) is 0 Å². The van der Waals surface area contributed by atoms with Gasteiger partial charge in [-0.3, -0.25) is 5.32 Å². The van der Waals surface area contributed by atoms with Crippen molar-refractivity contribution in [3.05, 3.63) is 59.1 Å². The van der Waals surface area contributed by atoms with Gasteiger partial charge in [0.2, 0.25) is 0 Å². The van der Waals surface area contributed by atoms with Crippen LogP contribution in [0.15, 0.2) is 48.5 Å². The second kappa shape index (κ2) is 5.87. The van der Waals surface area contributed by atoms with Gasteiger partial charge >= 0.3 is 0 Å². The molecule has 3 nitrogen and oxygen atoms in total. The summed E-state index contributed by atoms with van der Waals surface area (Å²) in [5, 5.41) is 22.2. The molecule has 1 fully saturated rings. The van der Waals surface area contributed by atoms with E-state index in [2.05, 4.69) is 11.4 Å². The fraction of sp³-hybridized carbons (Fsp3) is 0.235. The second-order valence-electron chi connectivity index (χ2n) is 5.19. The maximum Gasteiger partial charge on any atom is 0.104 e. The Balaban J connectivity index is 1.88. The van der Waals surface area contributed by atoms with Crippen molar-refractivity contribution in [3.63, 3.8) is 0 Å². The summed E-state index contributed by atoms with van der Waals surface area (Å²) < 4.78 is 0. The summed E-state index contributed by atoms with van der Waals surface area (Å²) in [4.78, 5) is 0. The molecule has 0 saturated carbocycles. The van der Waals surface area contributed by atoms with Crippen molar-refractivity contribution >= 4 is 11.6 Å². The quantitative estimate of drug-likeness (QED) is 0.916. The van der Waals surface area contributed by atoms with Crippen LogP contribution >= 0.6 is 11.6 Å². The largest absolute Gasteiger partial charge is 0.395 e. The van der Waals surface area contributed by atoms with Crippen LogP contribution in [0, 0.1) is 11.3 Å².